The Kier molecular flexibility index (Phi) is 380. The molecule has 1 amide bonds. The molecule has 1 heterocycles. The predicted molar refractivity (Wildman–Crippen MR) is 93.9 cm³/mol. The molecule has 1 saturated heterocycles. The summed E-state index contributed by atoms with van der Waals surface area (Å²) in [6.07, 6.45) is 3.51. The molecule has 1 rings (SSSR count). The minimum atomic E-state index is -0.0229. The second kappa shape index (κ2) is 168. The Balaban J connectivity index is -0.0000000169. The number of hydrogen-bond acceptors (Lipinski definition) is 4. The first kappa shape index (κ1) is 77.0. The maximum Gasteiger partial charge on any atom is 0 e. The zero-order chi connectivity index (χ0) is 29.0. The molecule has 2 radical (unpaired) electrons. The van der Waals surface area contributed by atoms with Crippen LogP contribution in [-0.4, -0.2) is 62.0 Å². The van der Waals surface area contributed by atoms with Gasteiger partial charge in [-0.3, -0.25) is 17.4 Å². The second-order valence-corrected chi connectivity index (χ2v) is 3.34. The van der Waals surface area contributed by atoms with Crippen molar-refractivity contribution in [2.45, 2.75) is 20.3 Å². The van der Waals surface area contributed by atoms with E-state index in [1.54, 1.807) is 13.3 Å². The number of hydrogen-bond donors (Lipinski definition) is 0. The third kappa shape index (κ3) is 323. The smallest absolute Gasteiger partial charge is 0 e. The minimum Gasteiger partial charge on any atom is 0 e. The third-order valence-corrected chi connectivity index (χ3v) is 1.76. The maximum atomic E-state index is 10.4. The van der Waals surface area contributed by atoms with Crippen LogP contribution in [0.15, 0.2) is 0 Å². The van der Waals surface area contributed by atoms with Gasteiger partial charge in [0, 0.05) is 60.6 Å². The van der Waals surface area contributed by atoms with Gasteiger partial charge in [0.2, 0.25) is 5.91 Å². The summed E-state index contributed by atoms with van der Waals surface area (Å²) >= 11 is 0. The van der Waals surface area contributed by atoms with Gasteiger partial charge in [0.25, 0.3) is 0 Å². The molecule has 15 heteroatoms. The quantitative estimate of drug-likeness (QED) is 0.254. The molecule has 0 N–H and O–H groups in total. The number of rotatable bonds is 3. The van der Waals surface area contributed by atoms with E-state index in [4.69, 9.17) is 42.0 Å². The van der Waals surface area contributed by atoms with E-state index in [-0.39, 0.29) is 39.5 Å². The van der Waals surface area contributed by atoms with Gasteiger partial charge in [0.05, 0.1) is 0 Å². The minimum absolute atomic E-state index is 0. The second-order valence-electron chi connectivity index (χ2n) is 3.34. The van der Waals surface area contributed by atoms with Crippen molar-refractivity contribution in [1.82, 2.24) is 9.80 Å². The van der Waals surface area contributed by atoms with Crippen molar-refractivity contribution in [1.29, 1.82) is 0 Å². The van der Waals surface area contributed by atoms with Gasteiger partial charge in [0.15, 0.2) is 0 Å². The zero-order valence-corrected chi connectivity index (χ0v) is 20.5. The maximum absolute atomic E-state index is 10.4. The van der Waals surface area contributed by atoms with Gasteiger partial charge in [-0.25, -0.2) is 0 Å². The molecule has 34 heavy (non-hydrogen) atoms. The van der Waals surface area contributed by atoms with Crippen molar-refractivity contribution in [3.63, 3.8) is 0 Å². The summed E-state index contributed by atoms with van der Waals surface area (Å²) in [5, 5.41) is 0. The Morgan fingerprint density at radius 2 is 0.941 bits per heavy atom. The molecule has 0 aromatic carbocycles. The van der Waals surface area contributed by atoms with E-state index in [2.05, 4.69) is 65.2 Å². The van der Waals surface area contributed by atoms with Crippen LogP contribution in [0.1, 0.15) is 20.3 Å². The van der Waals surface area contributed by atoms with Crippen molar-refractivity contribution >= 4 is 18.5 Å². The van der Waals surface area contributed by atoms with E-state index in [1.165, 1.54) is 38.1 Å². The van der Waals surface area contributed by atoms with E-state index >= 15 is 0 Å². The SMILES string of the molecule is CC(=O)N(C)CC[C-]=O.CN1CC1.C[C-]=O.[C-]#[O+].[C-]#[O+].[C-]#[O+].[C-]#[O+].[C-]#[O+].[C-]#[O+].[C-]#[O+].[C-]#[O+].[Co].[Co]. The number of likely N-dealkylation sites (N-methyl/N-ethyl adjacent to an activating group) is 1. The standard InChI is InChI=1S/C6H10NO2.C3H7N.C2H3O.8CO.2Co/c1-6(9)7(2)4-3-5-8;1-4-2-3-4;1-2-3;8*1-2;;/h3-4H2,1-2H3;2-3H2,1H3;1H3;;;;;;;;;;/q-1;;-1;;;;;;;;;;. The molecule has 0 bridgehead atoms. The summed E-state index contributed by atoms with van der Waals surface area (Å²) in [5.74, 6) is -0.0229. The molecule has 192 valence electrons. The molecule has 1 aliphatic heterocycles. The van der Waals surface area contributed by atoms with Crippen molar-refractivity contribution < 1.29 is 85.2 Å². The fourth-order valence-corrected chi connectivity index (χ4v) is 0.471. The summed E-state index contributed by atoms with van der Waals surface area (Å²) < 4.78 is 60.0. The molecular weight excluding hydrogens is 550 g/mol. The van der Waals surface area contributed by atoms with E-state index in [0.29, 0.717) is 13.0 Å². The van der Waals surface area contributed by atoms with Crippen LogP contribution in [0.2, 0.25) is 0 Å². The number of carbonyl (C=O) groups is 1. The van der Waals surface area contributed by atoms with Crippen LogP contribution in [0.25, 0.3) is 0 Å². The van der Waals surface area contributed by atoms with Gasteiger partial charge >= 0.3 is 90.4 Å². The molecule has 0 saturated carbocycles. The van der Waals surface area contributed by atoms with E-state index in [0.717, 1.165) is 0 Å². The number of nitrogens with zero attached hydrogens (tertiary/aromatic N) is 2. The van der Waals surface area contributed by atoms with Crippen LogP contribution in [0.5, 0.6) is 0 Å². The fourth-order valence-electron chi connectivity index (χ4n) is 0.471. The summed E-state index contributed by atoms with van der Waals surface area (Å²) in [5.41, 5.74) is 0. The van der Waals surface area contributed by atoms with E-state index in [1.807, 2.05) is 0 Å². The molecule has 0 aliphatic carbocycles. The molecule has 0 aromatic heterocycles. The topological polar surface area (TPSA) is 217 Å². The molecule has 0 spiro atoms. The molecule has 0 aromatic rings. The average molecular weight is 570 g/mol. The van der Waals surface area contributed by atoms with Gasteiger partial charge in [-0.15, -0.1) is 6.42 Å². The first-order chi connectivity index (χ1) is 15.5. The molecular formula is C19H20Co2N2O11-2. The van der Waals surface area contributed by atoms with Gasteiger partial charge in [-0.05, 0) is 13.6 Å². The van der Waals surface area contributed by atoms with Crippen LogP contribution in [-0.2, 0) is 85.2 Å². The molecule has 13 nitrogen and oxygen atoms in total. The monoisotopic (exact) mass is 570 g/mol. The van der Waals surface area contributed by atoms with Crippen molar-refractivity contribution in [3.05, 3.63) is 53.2 Å². The molecule has 1 aliphatic rings. The number of amides is 1. The van der Waals surface area contributed by atoms with Crippen LogP contribution in [0.3, 0.4) is 0 Å². The van der Waals surface area contributed by atoms with Crippen molar-refractivity contribution in [2.75, 3.05) is 33.7 Å². The van der Waals surface area contributed by atoms with E-state index in [9.17, 15) is 9.59 Å². The first-order valence-corrected chi connectivity index (χ1v) is 6.67. The van der Waals surface area contributed by atoms with Gasteiger partial charge in [-0.1, -0.05) is 0 Å². The van der Waals surface area contributed by atoms with Gasteiger partial charge < -0.3 is 19.4 Å². The molecule has 0 unspecified atom stereocenters. The molecule has 1 fully saturated rings. The summed E-state index contributed by atoms with van der Waals surface area (Å²) in [4.78, 5) is 32.5. The van der Waals surface area contributed by atoms with Crippen LogP contribution in [0, 0.1) is 53.2 Å². The summed E-state index contributed by atoms with van der Waals surface area (Å²) in [6.45, 7) is 41.9. The Bertz CT molecular complexity index is 436. The van der Waals surface area contributed by atoms with Crippen LogP contribution >= 0.6 is 0 Å². The molecule has 0 atom stereocenters. The average Bonchev–Trinajstić information content (AvgIpc) is 3.70. The zero-order valence-electron chi connectivity index (χ0n) is 18.4. The Morgan fingerprint density at radius 3 is 1.03 bits per heavy atom. The summed E-state index contributed by atoms with van der Waals surface area (Å²) in [7, 11) is 3.76. The van der Waals surface area contributed by atoms with Gasteiger partial charge in [-0.2, -0.15) is 6.92 Å². The predicted octanol–water partition coefficient (Wildman–Crippen LogP) is -0.293. The van der Waals surface area contributed by atoms with Crippen molar-refractivity contribution in [2.24, 2.45) is 0 Å². The Hall–Kier alpha value is -2.30. The Morgan fingerprint density at radius 1 is 0.765 bits per heavy atom. The summed E-state index contributed by atoms with van der Waals surface area (Å²) in [6, 6.07) is 0. The first-order valence-electron chi connectivity index (χ1n) is 6.67. The third-order valence-electron chi connectivity index (χ3n) is 1.76. The normalized spacial score (nSPS) is 6.24. The van der Waals surface area contributed by atoms with Gasteiger partial charge in [0.1, 0.15) is 0 Å². The van der Waals surface area contributed by atoms with E-state index < -0.39 is 0 Å². The van der Waals surface area contributed by atoms with Crippen LogP contribution in [0.4, 0.5) is 0 Å². The fraction of sp³-hybridized carbons (Fsp3) is 0.421. The largest absolute Gasteiger partial charge is 0 e. The van der Waals surface area contributed by atoms with Crippen LogP contribution < -0.4 is 0 Å². The Labute approximate surface area is 220 Å². The number of carbonyl (C=O) groups excluding carboxylic acids is 3. The van der Waals surface area contributed by atoms with Crippen molar-refractivity contribution in [3.8, 4) is 0 Å².